The molecule has 2 aromatic rings. The van der Waals surface area contributed by atoms with Crippen LogP contribution >= 0.6 is 11.6 Å². The van der Waals surface area contributed by atoms with Crippen molar-refractivity contribution in [1.29, 1.82) is 0 Å². The molecule has 1 aliphatic rings. The van der Waals surface area contributed by atoms with Crippen LogP contribution in [-0.4, -0.2) is 26.8 Å². The van der Waals surface area contributed by atoms with Crippen LogP contribution in [0.1, 0.15) is 15.9 Å². The van der Waals surface area contributed by atoms with Crippen molar-refractivity contribution >= 4 is 23.5 Å². The van der Waals surface area contributed by atoms with Gasteiger partial charge in [0, 0.05) is 5.56 Å². The molecule has 0 saturated heterocycles. The molecule has 0 aromatic heterocycles. The predicted octanol–water partition coefficient (Wildman–Crippen LogP) is 3.98. The summed E-state index contributed by atoms with van der Waals surface area (Å²) in [5.74, 6) is 2.02. The fraction of sp³-hybridized carbons (Fsp3) is 0.167. The van der Waals surface area contributed by atoms with E-state index in [0.717, 1.165) is 5.56 Å². The first-order chi connectivity index (χ1) is 11.6. The molecule has 0 radical (unpaired) electrons. The largest absolute Gasteiger partial charge is 0.493 e. The van der Waals surface area contributed by atoms with E-state index in [1.54, 1.807) is 36.4 Å². The number of methoxy groups -OCH3 is 2. The van der Waals surface area contributed by atoms with Crippen LogP contribution in [-0.2, 0) is 0 Å². The van der Waals surface area contributed by atoms with Gasteiger partial charge in [-0.3, -0.25) is 4.79 Å². The first-order valence-corrected chi connectivity index (χ1v) is 7.53. The molecule has 2 aromatic carbocycles. The number of halogens is 1. The third-order valence-corrected chi connectivity index (χ3v) is 3.82. The van der Waals surface area contributed by atoms with Gasteiger partial charge in [0.05, 0.1) is 19.2 Å². The minimum atomic E-state index is -0.154. The molecule has 0 bridgehead atoms. The van der Waals surface area contributed by atoms with Gasteiger partial charge in [0.15, 0.2) is 28.8 Å². The molecule has 3 rings (SSSR count). The molecule has 1 aliphatic heterocycles. The standard InChI is InChI=1S/C18H15ClO5/c1-21-17-8-11(7-13(19)18(17)22-2)3-5-14(20)12-4-6-15-16(9-12)24-10-23-15/h3-9H,10H2,1-2H3. The van der Waals surface area contributed by atoms with Crippen LogP contribution in [0.15, 0.2) is 36.4 Å². The molecule has 0 spiro atoms. The third-order valence-electron chi connectivity index (χ3n) is 3.54. The number of benzene rings is 2. The molecule has 0 atom stereocenters. The van der Waals surface area contributed by atoms with Crippen LogP contribution in [0.3, 0.4) is 0 Å². The minimum Gasteiger partial charge on any atom is -0.493 e. The topological polar surface area (TPSA) is 54.0 Å². The summed E-state index contributed by atoms with van der Waals surface area (Å²) in [7, 11) is 3.04. The van der Waals surface area contributed by atoms with Crippen LogP contribution in [0.5, 0.6) is 23.0 Å². The summed E-state index contributed by atoms with van der Waals surface area (Å²) in [5.41, 5.74) is 1.24. The Balaban J connectivity index is 1.83. The Bertz CT molecular complexity index is 813. The highest BCUT2D eigenvalue weighted by Gasteiger charge is 2.15. The van der Waals surface area contributed by atoms with Crippen molar-refractivity contribution < 1.29 is 23.7 Å². The number of ether oxygens (including phenoxy) is 4. The molecular weight excluding hydrogens is 332 g/mol. The van der Waals surface area contributed by atoms with Gasteiger partial charge < -0.3 is 18.9 Å². The summed E-state index contributed by atoms with van der Waals surface area (Å²) in [6, 6.07) is 8.52. The summed E-state index contributed by atoms with van der Waals surface area (Å²) in [5, 5.41) is 0.409. The van der Waals surface area contributed by atoms with E-state index in [4.69, 9.17) is 30.5 Å². The van der Waals surface area contributed by atoms with Gasteiger partial charge in [-0.15, -0.1) is 0 Å². The minimum absolute atomic E-state index is 0.154. The summed E-state index contributed by atoms with van der Waals surface area (Å²) < 4.78 is 20.9. The van der Waals surface area contributed by atoms with Gasteiger partial charge in [0.1, 0.15) is 0 Å². The highest BCUT2D eigenvalue weighted by Crippen LogP contribution is 2.36. The number of hydrogen-bond donors (Lipinski definition) is 0. The molecule has 6 heteroatoms. The molecule has 1 heterocycles. The van der Waals surface area contributed by atoms with Gasteiger partial charge in [-0.25, -0.2) is 0 Å². The third kappa shape index (κ3) is 3.16. The maximum Gasteiger partial charge on any atom is 0.231 e. The Hall–Kier alpha value is -2.66. The van der Waals surface area contributed by atoms with Gasteiger partial charge in [0.25, 0.3) is 0 Å². The Morgan fingerprint density at radius 3 is 2.67 bits per heavy atom. The summed E-state index contributed by atoms with van der Waals surface area (Å²) in [6.07, 6.45) is 3.13. The van der Waals surface area contributed by atoms with Crippen molar-refractivity contribution in [3.63, 3.8) is 0 Å². The van der Waals surface area contributed by atoms with E-state index in [1.165, 1.54) is 20.3 Å². The lowest BCUT2D eigenvalue weighted by atomic mass is 10.1. The SMILES string of the molecule is COc1cc(C=CC(=O)c2ccc3c(c2)OCO3)cc(Cl)c1OC. The Morgan fingerprint density at radius 2 is 1.92 bits per heavy atom. The van der Waals surface area contributed by atoms with Crippen molar-refractivity contribution in [2.24, 2.45) is 0 Å². The molecule has 24 heavy (non-hydrogen) atoms. The lowest BCUT2D eigenvalue weighted by Gasteiger charge is -2.10. The highest BCUT2D eigenvalue weighted by atomic mass is 35.5. The number of allylic oxidation sites excluding steroid dienone is 1. The quantitative estimate of drug-likeness (QED) is 0.605. The lowest BCUT2D eigenvalue weighted by Crippen LogP contribution is -1.95. The van der Waals surface area contributed by atoms with Gasteiger partial charge in [-0.2, -0.15) is 0 Å². The van der Waals surface area contributed by atoms with Crippen LogP contribution < -0.4 is 18.9 Å². The number of fused-ring (bicyclic) bond motifs is 1. The normalized spacial score (nSPS) is 12.5. The molecular formula is C18H15ClO5. The summed E-state index contributed by atoms with van der Waals surface area (Å²) in [6.45, 7) is 0.174. The highest BCUT2D eigenvalue weighted by molar-refractivity contribution is 6.32. The van der Waals surface area contributed by atoms with Crippen molar-refractivity contribution in [2.75, 3.05) is 21.0 Å². The zero-order chi connectivity index (χ0) is 17.1. The molecule has 0 fully saturated rings. The van der Waals surface area contributed by atoms with Gasteiger partial charge in [-0.1, -0.05) is 17.7 Å². The van der Waals surface area contributed by atoms with Gasteiger partial charge in [0.2, 0.25) is 6.79 Å². The maximum atomic E-state index is 12.3. The van der Waals surface area contributed by atoms with Crippen LogP contribution in [0.4, 0.5) is 0 Å². The van der Waals surface area contributed by atoms with E-state index >= 15 is 0 Å². The van der Waals surface area contributed by atoms with Crippen molar-refractivity contribution in [1.82, 2.24) is 0 Å². The second-order valence-corrected chi connectivity index (χ2v) is 5.41. The van der Waals surface area contributed by atoms with E-state index in [2.05, 4.69) is 0 Å². The van der Waals surface area contributed by atoms with E-state index in [0.29, 0.717) is 33.6 Å². The second-order valence-electron chi connectivity index (χ2n) is 5.00. The molecule has 0 aliphatic carbocycles. The predicted molar refractivity (Wildman–Crippen MR) is 90.5 cm³/mol. The monoisotopic (exact) mass is 346 g/mol. The molecule has 0 unspecified atom stereocenters. The zero-order valence-electron chi connectivity index (χ0n) is 13.2. The van der Waals surface area contributed by atoms with E-state index in [-0.39, 0.29) is 12.6 Å². The summed E-state index contributed by atoms with van der Waals surface area (Å²) >= 11 is 6.16. The second kappa shape index (κ2) is 6.84. The van der Waals surface area contributed by atoms with E-state index in [1.807, 2.05) is 0 Å². The molecule has 5 nitrogen and oxygen atoms in total. The maximum absolute atomic E-state index is 12.3. The average molecular weight is 347 g/mol. The number of rotatable bonds is 5. The Kier molecular flexibility index (Phi) is 4.62. The van der Waals surface area contributed by atoms with Gasteiger partial charge >= 0.3 is 0 Å². The van der Waals surface area contributed by atoms with Crippen LogP contribution in [0.2, 0.25) is 5.02 Å². The fourth-order valence-electron chi connectivity index (χ4n) is 2.35. The number of ketones is 1. The number of hydrogen-bond acceptors (Lipinski definition) is 5. The van der Waals surface area contributed by atoms with Crippen molar-refractivity contribution in [3.05, 3.63) is 52.6 Å². The first kappa shape index (κ1) is 16.2. The molecule has 124 valence electrons. The average Bonchev–Trinajstić information content (AvgIpc) is 3.06. The van der Waals surface area contributed by atoms with E-state index in [9.17, 15) is 4.79 Å². The number of carbonyl (C=O) groups is 1. The van der Waals surface area contributed by atoms with Crippen molar-refractivity contribution in [3.8, 4) is 23.0 Å². The zero-order valence-corrected chi connectivity index (χ0v) is 13.9. The fourth-order valence-corrected chi connectivity index (χ4v) is 2.65. The lowest BCUT2D eigenvalue weighted by molar-refractivity contribution is 0.104. The van der Waals surface area contributed by atoms with Gasteiger partial charge in [-0.05, 0) is 42.0 Å². The Morgan fingerprint density at radius 1 is 1.12 bits per heavy atom. The smallest absolute Gasteiger partial charge is 0.231 e. The van der Waals surface area contributed by atoms with E-state index < -0.39 is 0 Å². The summed E-state index contributed by atoms with van der Waals surface area (Å²) in [4.78, 5) is 12.3. The van der Waals surface area contributed by atoms with Crippen LogP contribution in [0.25, 0.3) is 6.08 Å². The van der Waals surface area contributed by atoms with Crippen molar-refractivity contribution in [2.45, 2.75) is 0 Å². The van der Waals surface area contributed by atoms with Crippen LogP contribution in [0, 0.1) is 0 Å². The molecule has 0 N–H and O–H groups in total. The Labute approximate surface area is 144 Å². The molecule has 0 amide bonds. The number of carbonyl (C=O) groups excluding carboxylic acids is 1. The molecule has 0 saturated carbocycles. The first-order valence-electron chi connectivity index (χ1n) is 7.16.